The van der Waals surface area contributed by atoms with Crippen LogP contribution >= 0.6 is 11.6 Å². The van der Waals surface area contributed by atoms with Crippen LogP contribution in [0.25, 0.3) is 6.08 Å². The first-order chi connectivity index (χ1) is 16.6. The lowest BCUT2D eigenvalue weighted by Crippen LogP contribution is -2.41. The predicted molar refractivity (Wildman–Crippen MR) is 125 cm³/mol. The monoisotopic (exact) mass is 537 g/mol. The molecule has 0 saturated carbocycles. The van der Waals surface area contributed by atoms with Gasteiger partial charge in [-0.05, 0) is 41.5 Å². The molecule has 0 amide bonds. The average Bonchev–Trinajstić information content (AvgIpc) is 2.76. The predicted octanol–water partition coefficient (Wildman–Crippen LogP) is 4.99. The lowest BCUT2D eigenvalue weighted by molar-refractivity contribution is -0.714. The zero-order valence-corrected chi connectivity index (χ0v) is 21.7. The molecule has 0 spiro atoms. The highest BCUT2D eigenvalue weighted by Crippen LogP contribution is 2.42. The van der Waals surface area contributed by atoms with Gasteiger partial charge in [0.2, 0.25) is 11.4 Å². The highest BCUT2D eigenvalue weighted by molar-refractivity contribution is 6.31. The quantitative estimate of drug-likeness (QED) is 0.118. The molecule has 0 aromatic heterocycles. The Morgan fingerprint density at radius 3 is 2.50 bits per heavy atom. The number of carbonyl (C=O) groups is 1. The van der Waals surface area contributed by atoms with E-state index >= 15 is 0 Å². The molecule has 36 heavy (non-hydrogen) atoms. The summed E-state index contributed by atoms with van der Waals surface area (Å²) < 4.78 is 51.1. The summed E-state index contributed by atoms with van der Waals surface area (Å²) in [4.78, 5) is 17.2. The molecule has 0 bridgehead atoms. The van der Waals surface area contributed by atoms with Gasteiger partial charge in [0.15, 0.2) is 0 Å². The van der Waals surface area contributed by atoms with Gasteiger partial charge in [-0.2, -0.15) is 13.2 Å². The number of hydrogen-bond acceptors (Lipinski definition) is 7. The fourth-order valence-electron chi connectivity index (χ4n) is 3.52. The minimum absolute atomic E-state index is 0.0453. The molecule has 0 radical (unpaired) electrons. The Morgan fingerprint density at radius 1 is 1.33 bits per heavy atom. The number of rotatable bonds is 9. The molecule has 0 saturated heterocycles. The lowest BCUT2D eigenvalue weighted by Gasteiger charge is -2.30. The minimum atomic E-state index is -4.92. The van der Waals surface area contributed by atoms with Gasteiger partial charge in [-0.3, -0.25) is 0 Å². The normalized spacial score (nSPS) is 17.2. The SMILES string of the molecule is CC(C)C[C@@H](CO)N(C)/[N+]([O-])=N/OCOC(=O)C1=Cc2cc(Cl)c(C(C)(C)C)cc2O[C@@H]1C(F)(F)F. The second-order valence-electron chi connectivity index (χ2n) is 9.81. The zero-order chi connectivity index (χ0) is 27.4. The van der Waals surface area contributed by atoms with E-state index in [1.54, 1.807) is 0 Å². The van der Waals surface area contributed by atoms with Crippen LogP contribution in [-0.4, -0.2) is 59.8 Å². The van der Waals surface area contributed by atoms with Crippen molar-refractivity contribution in [2.24, 2.45) is 11.2 Å². The first kappa shape index (κ1) is 29.5. The first-order valence-corrected chi connectivity index (χ1v) is 11.5. The number of aliphatic hydroxyl groups excluding tert-OH is 1. The summed E-state index contributed by atoms with van der Waals surface area (Å²) in [5.41, 5.74) is -0.505. The smallest absolute Gasteiger partial charge is 0.430 e. The number of hydrogen-bond donors (Lipinski definition) is 1. The summed E-state index contributed by atoms with van der Waals surface area (Å²) in [5, 5.41) is 26.0. The van der Waals surface area contributed by atoms with E-state index in [0.29, 0.717) is 17.0 Å². The molecule has 2 atom stereocenters. The number of carbonyl (C=O) groups excluding carboxylic acids is 1. The largest absolute Gasteiger partial charge is 0.569 e. The number of esters is 1. The molecule has 0 fully saturated rings. The fourth-order valence-corrected chi connectivity index (χ4v) is 3.98. The first-order valence-electron chi connectivity index (χ1n) is 11.2. The number of alkyl halides is 3. The third-order valence-corrected chi connectivity index (χ3v) is 5.71. The third kappa shape index (κ3) is 7.39. The Labute approximate surface area is 212 Å². The standard InChI is InChI=1S/C23H31ClF3N3O6/c1-13(2)7-15(11-31)29(6)30(33)28-35-12-34-21(32)16-8-14-9-18(24)17(22(3,4)5)10-19(14)36-20(16)23(25,26)27/h8-10,13,15,20,31H,7,11-12H2,1-6H3/b30-28-/t15-,20-/m0/s1. The van der Waals surface area contributed by atoms with Gasteiger partial charge in [-0.25, -0.2) is 4.79 Å². The molecular weight excluding hydrogens is 507 g/mol. The molecule has 1 aromatic rings. The highest BCUT2D eigenvalue weighted by atomic mass is 35.5. The van der Waals surface area contributed by atoms with Crippen molar-refractivity contribution >= 4 is 23.6 Å². The molecule has 1 aromatic carbocycles. The van der Waals surface area contributed by atoms with Crippen molar-refractivity contribution in [1.82, 2.24) is 5.01 Å². The van der Waals surface area contributed by atoms with Crippen LogP contribution in [0.1, 0.15) is 52.2 Å². The second kappa shape index (κ2) is 11.5. The van der Waals surface area contributed by atoms with E-state index in [1.807, 2.05) is 34.6 Å². The molecule has 1 N–H and O–H groups in total. The van der Waals surface area contributed by atoms with Crippen molar-refractivity contribution in [3.63, 3.8) is 0 Å². The summed E-state index contributed by atoms with van der Waals surface area (Å²) in [5.74, 6) is -1.25. The van der Waals surface area contributed by atoms with Gasteiger partial charge in [0, 0.05) is 10.6 Å². The van der Waals surface area contributed by atoms with Gasteiger partial charge < -0.3 is 24.6 Å². The van der Waals surface area contributed by atoms with Crippen molar-refractivity contribution in [3.05, 3.63) is 39.1 Å². The Morgan fingerprint density at radius 2 is 1.97 bits per heavy atom. The number of benzene rings is 1. The average molecular weight is 538 g/mol. The highest BCUT2D eigenvalue weighted by Gasteiger charge is 2.49. The molecule has 2 rings (SSSR count). The van der Waals surface area contributed by atoms with Gasteiger partial charge in [-0.1, -0.05) is 46.2 Å². The van der Waals surface area contributed by atoms with Gasteiger partial charge in [0.05, 0.1) is 24.2 Å². The number of likely N-dealkylation sites (N-methyl/N-ethyl adjacent to an activating group) is 1. The third-order valence-electron chi connectivity index (χ3n) is 5.40. The molecule has 13 heteroatoms. The molecule has 0 aliphatic carbocycles. The van der Waals surface area contributed by atoms with Crippen LogP contribution in [0.4, 0.5) is 13.2 Å². The minimum Gasteiger partial charge on any atom is -0.569 e. The Bertz CT molecular complexity index is 1010. The maximum absolute atomic E-state index is 13.7. The van der Waals surface area contributed by atoms with Crippen LogP contribution in [0, 0.1) is 11.1 Å². The number of ether oxygens (including phenoxy) is 2. The second-order valence-corrected chi connectivity index (χ2v) is 10.2. The fraction of sp³-hybridized carbons (Fsp3) is 0.609. The molecule has 1 aliphatic rings. The van der Waals surface area contributed by atoms with Crippen molar-refractivity contribution in [2.75, 3.05) is 20.4 Å². The maximum Gasteiger partial charge on any atom is 0.430 e. The number of fused-ring (bicyclic) bond motifs is 1. The van der Waals surface area contributed by atoms with Crippen LogP contribution in [-0.2, 0) is 19.8 Å². The van der Waals surface area contributed by atoms with E-state index in [4.69, 9.17) is 21.1 Å². The molecule has 1 heterocycles. The summed E-state index contributed by atoms with van der Waals surface area (Å²) in [6, 6.07) is 2.30. The topological polar surface area (TPSA) is 107 Å². The Balaban J connectivity index is 2.17. The van der Waals surface area contributed by atoms with Gasteiger partial charge in [-0.15, -0.1) is 5.01 Å². The van der Waals surface area contributed by atoms with E-state index < -0.39 is 42.1 Å². The summed E-state index contributed by atoms with van der Waals surface area (Å²) in [6.07, 6.45) is -6.00. The van der Waals surface area contributed by atoms with E-state index in [2.05, 4.69) is 10.1 Å². The van der Waals surface area contributed by atoms with Crippen molar-refractivity contribution < 1.29 is 42.4 Å². The van der Waals surface area contributed by atoms with Crippen molar-refractivity contribution in [3.8, 4) is 5.75 Å². The molecule has 9 nitrogen and oxygen atoms in total. The van der Waals surface area contributed by atoms with Gasteiger partial charge in [0.25, 0.3) is 6.79 Å². The van der Waals surface area contributed by atoms with E-state index in [9.17, 15) is 28.3 Å². The van der Waals surface area contributed by atoms with E-state index in [-0.39, 0.29) is 28.8 Å². The van der Waals surface area contributed by atoms with Crippen molar-refractivity contribution in [2.45, 2.75) is 64.8 Å². The Hall–Kier alpha value is -2.73. The maximum atomic E-state index is 13.7. The lowest BCUT2D eigenvalue weighted by atomic mass is 9.85. The molecule has 0 unspecified atom stereocenters. The van der Waals surface area contributed by atoms with Crippen LogP contribution in [0.5, 0.6) is 5.75 Å². The molecule has 202 valence electrons. The summed E-state index contributed by atoms with van der Waals surface area (Å²) >= 11 is 6.31. The van der Waals surface area contributed by atoms with Crippen molar-refractivity contribution in [1.29, 1.82) is 0 Å². The number of hydrazine groups is 1. The van der Waals surface area contributed by atoms with Gasteiger partial charge >= 0.3 is 12.1 Å². The van der Waals surface area contributed by atoms with Gasteiger partial charge in [0.1, 0.15) is 11.8 Å². The van der Waals surface area contributed by atoms with Crippen LogP contribution in [0.15, 0.2) is 23.0 Å². The summed E-state index contributed by atoms with van der Waals surface area (Å²) in [7, 11) is 1.38. The summed E-state index contributed by atoms with van der Waals surface area (Å²) in [6.45, 7) is 8.13. The zero-order valence-electron chi connectivity index (χ0n) is 20.9. The van der Waals surface area contributed by atoms with Crippen LogP contribution in [0.2, 0.25) is 5.02 Å². The van der Waals surface area contributed by atoms with E-state index in [0.717, 1.165) is 11.1 Å². The van der Waals surface area contributed by atoms with Crippen LogP contribution < -0.4 is 4.74 Å². The number of nitrogens with zero attached hydrogens (tertiary/aromatic N) is 3. The molecule has 1 aliphatic heterocycles. The van der Waals surface area contributed by atoms with Crippen LogP contribution in [0.3, 0.4) is 0 Å². The Kier molecular flexibility index (Phi) is 9.46. The molecular formula is C23H31ClF3N3O6. The number of halogens is 4. The number of aliphatic hydroxyl groups is 1. The van der Waals surface area contributed by atoms with E-state index in [1.165, 1.54) is 19.2 Å².